The van der Waals surface area contributed by atoms with Crippen molar-refractivity contribution in [2.24, 2.45) is 5.92 Å². The first kappa shape index (κ1) is 18.6. The van der Waals surface area contributed by atoms with Crippen LogP contribution >= 0.6 is 0 Å². The number of aliphatic hydroxyl groups excluding tert-OH is 2. The summed E-state index contributed by atoms with van der Waals surface area (Å²) < 4.78 is 0. The summed E-state index contributed by atoms with van der Waals surface area (Å²) in [6, 6.07) is 0. The quantitative estimate of drug-likeness (QED) is 0.549. The van der Waals surface area contributed by atoms with Crippen LogP contribution in [-0.2, 0) is 0 Å². The van der Waals surface area contributed by atoms with Gasteiger partial charge >= 0.3 is 0 Å². The van der Waals surface area contributed by atoms with E-state index in [4.69, 9.17) is 0 Å². The highest BCUT2D eigenvalue weighted by atomic mass is 16.4. The lowest BCUT2D eigenvalue weighted by atomic mass is 9.67. The zero-order chi connectivity index (χ0) is 17.2. The van der Waals surface area contributed by atoms with Gasteiger partial charge in [-0.2, -0.15) is 0 Å². The highest BCUT2D eigenvalue weighted by Gasteiger charge is 2.62. The third-order valence-corrected chi connectivity index (χ3v) is 6.87. The molecular formula is C19H35NO4. The standard InChI is InChI=1S/C19H35NO4/c21-16-13-18(23)9-8-15(19(18,24)14-17(16)22)7-3-1-4-10-20-11-5-2-6-12-20/h15-17,21-24H,1-14H2. The first-order valence-corrected chi connectivity index (χ1v) is 9.98. The molecule has 0 spiro atoms. The molecule has 24 heavy (non-hydrogen) atoms. The number of hydrogen-bond acceptors (Lipinski definition) is 5. The summed E-state index contributed by atoms with van der Waals surface area (Å²) in [5.41, 5.74) is -2.44. The van der Waals surface area contributed by atoms with Crippen molar-refractivity contribution in [3.05, 3.63) is 0 Å². The molecule has 2 saturated carbocycles. The van der Waals surface area contributed by atoms with Crippen molar-refractivity contribution in [2.75, 3.05) is 19.6 Å². The zero-order valence-corrected chi connectivity index (χ0v) is 14.9. The van der Waals surface area contributed by atoms with Gasteiger partial charge in [-0.25, -0.2) is 0 Å². The molecule has 0 aromatic carbocycles. The van der Waals surface area contributed by atoms with Gasteiger partial charge in [0, 0.05) is 12.8 Å². The molecule has 0 amide bonds. The minimum atomic E-state index is -1.22. The average molecular weight is 341 g/mol. The maximum atomic E-state index is 11.0. The fourth-order valence-electron chi connectivity index (χ4n) is 5.29. The van der Waals surface area contributed by atoms with Crippen molar-refractivity contribution in [1.29, 1.82) is 0 Å². The van der Waals surface area contributed by atoms with Crippen molar-refractivity contribution >= 4 is 0 Å². The van der Waals surface area contributed by atoms with Crippen LogP contribution in [0.3, 0.4) is 0 Å². The molecule has 5 atom stereocenters. The van der Waals surface area contributed by atoms with Gasteiger partial charge < -0.3 is 25.3 Å². The van der Waals surface area contributed by atoms with Crippen molar-refractivity contribution in [3.8, 4) is 0 Å². The van der Waals surface area contributed by atoms with Gasteiger partial charge in [0.2, 0.25) is 0 Å². The Hall–Kier alpha value is -0.200. The molecule has 140 valence electrons. The van der Waals surface area contributed by atoms with E-state index < -0.39 is 23.4 Å². The number of rotatable bonds is 6. The van der Waals surface area contributed by atoms with Gasteiger partial charge in [-0.1, -0.05) is 19.3 Å². The van der Waals surface area contributed by atoms with Crippen molar-refractivity contribution < 1.29 is 20.4 Å². The van der Waals surface area contributed by atoms with Crippen molar-refractivity contribution in [1.82, 2.24) is 4.90 Å². The molecule has 3 aliphatic rings. The number of aliphatic hydroxyl groups is 4. The maximum absolute atomic E-state index is 11.0. The molecule has 5 nitrogen and oxygen atoms in total. The van der Waals surface area contributed by atoms with Crippen LogP contribution in [0.5, 0.6) is 0 Å². The molecule has 3 rings (SSSR count). The van der Waals surface area contributed by atoms with E-state index in [1.54, 1.807) is 0 Å². The predicted octanol–water partition coefficient (Wildman–Crippen LogP) is 1.42. The second-order valence-electron chi connectivity index (χ2n) is 8.49. The highest BCUT2D eigenvalue weighted by molar-refractivity contribution is 5.14. The molecule has 1 aliphatic heterocycles. The minimum Gasteiger partial charge on any atom is -0.390 e. The summed E-state index contributed by atoms with van der Waals surface area (Å²) in [6.45, 7) is 3.68. The molecule has 0 radical (unpaired) electrons. The Balaban J connectivity index is 1.42. The highest BCUT2D eigenvalue weighted by Crippen LogP contribution is 2.53. The first-order valence-electron chi connectivity index (χ1n) is 9.98. The lowest BCUT2D eigenvalue weighted by Crippen LogP contribution is -2.62. The lowest BCUT2D eigenvalue weighted by molar-refractivity contribution is -0.220. The topological polar surface area (TPSA) is 84.2 Å². The molecule has 1 heterocycles. The second-order valence-corrected chi connectivity index (χ2v) is 8.49. The van der Waals surface area contributed by atoms with Crippen molar-refractivity contribution in [3.63, 3.8) is 0 Å². The summed E-state index contributed by atoms with van der Waals surface area (Å²) in [5, 5.41) is 41.6. The molecule has 0 bridgehead atoms. The molecule has 2 aliphatic carbocycles. The van der Waals surface area contributed by atoms with Crippen LogP contribution < -0.4 is 0 Å². The van der Waals surface area contributed by atoms with E-state index in [-0.39, 0.29) is 18.8 Å². The summed E-state index contributed by atoms with van der Waals surface area (Å²) in [5.74, 6) is 0.0413. The molecule has 5 heteroatoms. The Morgan fingerprint density at radius 1 is 0.875 bits per heavy atom. The molecule has 5 unspecified atom stereocenters. The summed E-state index contributed by atoms with van der Waals surface area (Å²) in [7, 11) is 0. The Morgan fingerprint density at radius 3 is 2.33 bits per heavy atom. The van der Waals surface area contributed by atoms with Gasteiger partial charge in [-0.3, -0.25) is 0 Å². The van der Waals surface area contributed by atoms with Gasteiger partial charge in [-0.05, 0) is 64.1 Å². The minimum absolute atomic E-state index is 0.0413. The fraction of sp³-hybridized carbons (Fsp3) is 1.00. The van der Waals surface area contributed by atoms with Crippen LogP contribution in [-0.4, -0.2) is 68.4 Å². The lowest BCUT2D eigenvalue weighted by Gasteiger charge is -2.48. The zero-order valence-electron chi connectivity index (χ0n) is 14.9. The van der Waals surface area contributed by atoms with Gasteiger partial charge in [0.25, 0.3) is 0 Å². The van der Waals surface area contributed by atoms with E-state index >= 15 is 0 Å². The first-order chi connectivity index (χ1) is 11.4. The molecule has 1 saturated heterocycles. The largest absolute Gasteiger partial charge is 0.390 e. The molecule has 0 aromatic heterocycles. The molecular weight excluding hydrogens is 306 g/mol. The number of hydrogen-bond donors (Lipinski definition) is 4. The third kappa shape index (κ3) is 3.65. The van der Waals surface area contributed by atoms with Gasteiger partial charge in [-0.15, -0.1) is 0 Å². The number of unbranched alkanes of at least 4 members (excludes halogenated alkanes) is 2. The smallest absolute Gasteiger partial charge is 0.0987 e. The van der Waals surface area contributed by atoms with Gasteiger partial charge in [0.05, 0.1) is 23.4 Å². The predicted molar refractivity (Wildman–Crippen MR) is 92.6 cm³/mol. The van der Waals surface area contributed by atoms with Gasteiger partial charge in [0.1, 0.15) is 0 Å². The summed E-state index contributed by atoms with van der Waals surface area (Å²) in [6.07, 6.45) is 8.06. The van der Waals surface area contributed by atoms with E-state index in [0.29, 0.717) is 6.42 Å². The summed E-state index contributed by atoms with van der Waals surface area (Å²) >= 11 is 0. The monoisotopic (exact) mass is 341 g/mol. The van der Waals surface area contributed by atoms with E-state index in [1.165, 1.54) is 45.3 Å². The van der Waals surface area contributed by atoms with Crippen molar-refractivity contribution in [2.45, 2.75) is 94.0 Å². The number of likely N-dealkylation sites (tertiary alicyclic amines) is 1. The van der Waals surface area contributed by atoms with Gasteiger partial charge in [0.15, 0.2) is 0 Å². The Labute approximate surface area is 145 Å². The number of fused-ring (bicyclic) bond motifs is 1. The normalized spacial score (nSPS) is 43.8. The van der Waals surface area contributed by atoms with E-state index in [1.807, 2.05) is 0 Å². The number of nitrogens with zero attached hydrogens (tertiary/aromatic N) is 1. The Morgan fingerprint density at radius 2 is 1.58 bits per heavy atom. The SMILES string of the molecule is OC1CC2(O)CCC(CCCCCN3CCCCC3)C2(O)CC1O. The van der Waals surface area contributed by atoms with E-state index in [0.717, 1.165) is 25.7 Å². The van der Waals surface area contributed by atoms with Crippen LogP contribution in [0.25, 0.3) is 0 Å². The van der Waals surface area contributed by atoms with Crippen LogP contribution in [0.2, 0.25) is 0 Å². The van der Waals surface area contributed by atoms with E-state index in [9.17, 15) is 20.4 Å². The maximum Gasteiger partial charge on any atom is 0.0987 e. The van der Waals surface area contributed by atoms with Crippen LogP contribution in [0.4, 0.5) is 0 Å². The Bertz CT molecular complexity index is 414. The van der Waals surface area contributed by atoms with Crippen LogP contribution in [0, 0.1) is 5.92 Å². The molecule has 3 fully saturated rings. The second kappa shape index (κ2) is 7.58. The average Bonchev–Trinajstić information content (AvgIpc) is 2.80. The molecule has 0 aromatic rings. The summed E-state index contributed by atoms with van der Waals surface area (Å²) in [4.78, 5) is 2.56. The third-order valence-electron chi connectivity index (χ3n) is 6.87. The van der Waals surface area contributed by atoms with E-state index in [2.05, 4.69) is 4.90 Å². The fourth-order valence-corrected chi connectivity index (χ4v) is 5.29. The number of piperidine rings is 1. The van der Waals surface area contributed by atoms with Crippen LogP contribution in [0.1, 0.15) is 70.6 Å². The van der Waals surface area contributed by atoms with Crippen LogP contribution in [0.15, 0.2) is 0 Å². The molecule has 4 N–H and O–H groups in total. The Kier molecular flexibility index (Phi) is 5.87.